The molecule has 0 radical (unpaired) electrons. The Labute approximate surface area is 120 Å². The second kappa shape index (κ2) is 7.99. The molecule has 0 bridgehead atoms. The van der Waals surface area contributed by atoms with E-state index in [1.807, 2.05) is 19.2 Å². The highest BCUT2D eigenvalue weighted by Gasteiger charge is 2.23. The molecule has 0 aromatic carbocycles. The van der Waals surface area contributed by atoms with E-state index in [-0.39, 0.29) is 0 Å². The highest BCUT2D eigenvalue weighted by molar-refractivity contribution is 7.91. The van der Waals surface area contributed by atoms with E-state index in [0.29, 0.717) is 17.3 Å². The fraction of sp³-hybridized carbons (Fsp3) is 0.692. The van der Waals surface area contributed by atoms with Crippen molar-refractivity contribution in [2.75, 3.05) is 19.6 Å². The third kappa shape index (κ3) is 4.56. The van der Waals surface area contributed by atoms with Crippen LogP contribution in [0, 0.1) is 0 Å². The first-order valence-corrected chi connectivity index (χ1v) is 9.16. The van der Waals surface area contributed by atoms with Crippen LogP contribution in [0.5, 0.6) is 0 Å². The largest absolute Gasteiger partial charge is 0.313 e. The van der Waals surface area contributed by atoms with Gasteiger partial charge >= 0.3 is 0 Å². The average molecular weight is 304 g/mol. The van der Waals surface area contributed by atoms with Crippen molar-refractivity contribution in [3.63, 3.8) is 0 Å². The van der Waals surface area contributed by atoms with Gasteiger partial charge < -0.3 is 5.32 Å². The van der Waals surface area contributed by atoms with E-state index in [0.717, 1.165) is 31.5 Å². The molecule has 110 valence electrons. The normalized spacial score (nSPS) is 12.2. The lowest BCUT2D eigenvalue weighted by molar-refractivity contribution is 0.428. The number of nitrogens with one attached hydrogen (secondary N) is 1. The number of hydrogen-bond donors (Lipinski definition) is 1. The average Bonchev–Trinajstić information content (AvgIpc) is 2.85. The van der Waals surface area contributed by atoms with Crippen LogP contribution < -0.4 is 5.32 Å². The Morgan fingerprint density at radius 1 is 1.26 bits per heavy atom. The Morgan fingerprint density at radius 3 is 2.58 bits per heavy atom. The van der Waals surface area contributed by atoms with E-state index >= 15 is 0 Å². The van der Waals surface area contributed by atoms with Crippen LogP contribution in [0.4, 0.5) is 0 Å². The number of hydrogen-bond acceptors (Lipinski definition) is 4. The van der Waals surface area contributed by atoms with Crippen LogP contribution >= 0.6 is 11.3 Å². The Hall–Kier alpha value is -0.430. The summed E-state index contributed by atoms with van der Waals surface area (Å²) in [5.41, 5.74) is 1.05. The van der Waals surface area contributed by atoms with Crippen LogP contribution in [-0.2, 0) is 16.6 Å². The molecule has 6 heteroatoms. The molecule has 0 atom stereocenters. The molecule has 1 aromatic rings. The number of nitrogens with zero attached hydrogens (tertiary/aromatic N) is 1. The lowest BCUT2D eigenvalue weighted by Gasteiger charge is -2.18. The molecule has 0 aliphatic carbocycles. The van der Waals surface area contributed by atoms with Crippen molar-refractivity contribution in [3.8, 4) is 0 Å². The molecule has 0 fully saturated rings. The lowest BCUT2D eigenvalue weighted by atomic mass is 10.3. The van der Waals surface area contributed by atoms with Crippen LogP contribution in [0.25, 0.3) is 0 Å². The zero-order valence-corrected chi connectivity index (χ0v) is 13.6. The molecule has 0 aliphatic heterocycles. The van der Waals surface area contributed by atoms with Gasteiger partial charge in [0.05, 0.1) is 0 Å². The van der Waals surface area contributed by atoms with Crippen molar-refractivity contribution in [2.24, 2.45) is 0 Å². The van der Waals surface area contributed by atoms with Gasteiger partial charge in [-0.05, 0) is 36.4 Å². The van der Waals surface area contributed by atoms with Gasteiger partial charge in [-0.25, -0.2) is 8.42 Å². The minimum absolute atomic E-state index is 0.455. The lowest BCUT2D eigenvalue weighted by Crippen LogP contribution is -2.31. The summed E-state index contributed by atoms with van der Waals surface area (Å²) in [5, 5.41) is 5.21. The van der Waals surface area contributed by atoms with Crippen molar-refractivity contribution >= 4 is 21.4 Å². The summed E-state index contributed by atoms with van der Waals surface area (Å²) in [5.74, 6) is 0. The molecule has 0 unspecified atom stereocenters. The summed E-state index contributed by atoms with van der Waals surface area (Å²) in [6, 6.07) is 1.79. The summed E-state index contributed by atoms with van der Waals surface area (Å²) < 4.78 is 26.8. The summed E-state index contributed by atoms with van der Waals surface area (Å²) in [4.78, 5) is 0. The monoisotopic (exact) mass is 304 g/mol. The molecule has 1 heterocycles. The summed E-state index contributed by atoms with van der Waals surface area (Å²) in [6.07, 6.45) is 1.92. The van der Waals surface area contributed by atoms with E-state index in [1.54, 1.807) is 10.4 Å². The van der Waals surface area contributed by atoms with Crippen LogP contribution in [0.15, 0.2) is 15.7 Å². The van der Waals surface area contributed by atoms with Crippen LogP contribution in [0.3, 0.4) is 0 Å². The molecule has 1 aromatic heterocycles. The number of thiophene rings is 1. The molecular formula is C13H24N2O2S2. The molecule has 0 saturated heterocycles. The first-order chi connectivity index (χ1) is 9.06. The minimum Gasteiger partial charge on any atom is -0.313 e. The van der Waals surface area contributed by atoms with E-state index in [2.05, 4.69) is 12.2 Å². The predicted octanol–water partition coefficient (Wildman–Crippen LogP) is 2.67. The van der Waals surface area contributed by atoms with Crippen molar-refractivity contribution in [1.82, 2.24) is 9.62 Å². The minimum atomic E-state index is -3.30. The molecule has 1 N–H and O–H groups in total. The SMILES string of the molecule is CCCNCc1csc(S(=O)(=O)N(CC)CCC)c1. The Morgan fingerprint density at radius 2 is 2.00 bits per heavy atom. The van der Waals surface area contributed by atoms with Crippen LogP contribution in [-0.4, -0.2) is 32.4 Å². The quantitative estimate of drug-likeness (QED) is 0.714. The molecule has 0 spiro atoms. The topological polar surface area (TPSA) is 49.4 Å². The van der Waals surface area contributed by atoms with Gasteiger partial charge in [0, 0.05) is 19.6 Å². The van der Waals surface area contributed by atoms with Crippen molar-refractivity contribution in [2.45, 2.75) is 44.4 Å². The molecule has 0 saturated carbocycles. The Balaban J connectivity index is 2.78. The molecular weight excluding hydrogens is 280 g/mol. The molecule has 4 nitrogen and oxygen atoms in total. The van der Waals surface area contributed by atoms with Gasteiger partial charge in [0.1, 0.15) is 4.21 Å². The summed E-state index contributed by atoms with van der Waals surface area (Å²) >= 11 is 1.31. The Bertz CT molecular complexity index is 469. The summed E-state index contributed by atoms with van der Waals surface area (Å²) in [7, 11) is -3.30. The maximum absolute atomic E-state index is 12.4. The van der Waals surface area contributed by atoms with Crippen molar-refractivity contribution < 1.29 is 8.42 Å². The zero-order chi connectivity index (χ0) is 14.3. The smallest absolute Gasteiger partial charge is 0.252 e. The fourth-order valence-corrected chi connectivity index (χ4v) is 4.72. The second-order valence-electron chi connectivity index (χ2n) is 4.45. The number of sulfonamides is 1. The maximum atomic E-state index is 12.4. The van der Waals surface area contributed by atoms with E-state index in [4.69, 9.17) is 0 Å². The van der Waals surface area contributed by atoms with Crippen LogP contribution in [0.1, 0.15) is 39.2 Å². The molecule has 1 rings (SSSR count). The Kier molecular flexibility index (Phi) is 6.99. The molecule has 19 heavy (non-hydrogen) atoms. The third-order valence-electron chi connectivity index (χ3n) is 2.81. The summed E-state index contributed by atoms with van der Waals surface area (Å²) in [6.45, 7) is 8.78. The third-order valence-corrected chi connectivity index (χ3v) is 6.24. The first-order valence-electron chi connectivity index (χ1n) is 6.84. The maximum Gasteiger partial charge on any atom is 0.252 e. The zero-order valence-electron chi connectivity index (χ0n) is 12.0. The first kappa shape index (κ1) is 16.6. The standard InChI is InChI=1S/C13H24N2O2S2/c1-4-7-14-10-12-9-13(18-11-12)19(16,17)15(6-3)8-5-2/h9,11,14H,4-8,10H2,1-3H3. The number of rotatable bonds is 9. The molecule has 0 amide bonds. The van der Waals surface area contributed by atoms with Gasteiger partial charge in [-0.3, -0.25) is 0 Å². The van der Waals surface area contributed by atoms with Gasteiger partial charge in [-0.2, -0.15) is 4.31 Å². The van der Waals surface area contributed by atoms with Gasteiger partial charge in [0.25, 0.3) is 10.0 Å². The van der Waals surface area contributed by atoms with Crippen molar-refractivity contribution in [3.05, 3.63) is 17.0 Å². The highest BCUT2D eigenvalue weighted by Crippen LogP contribution is 2.24. The highest BCUT2D eigenvalue weighted by atomic mass is 32.2. The van der Waals surface area contributed by atoms with E-state index in [1.165, 1.54) is 11.3 Å². The van der Waals surface area contributed by atoms with Crippen LogP contribution in [0.2, 0.25) is 0 Å². The van der Waals surface area contributed by atoms with E-state index < -0.39 is 10.0 Å². The van der Waals surface area contributed by atoms with Gasteiger partial charge in [-0.1, -0.05) is 20.8 Å². The van der Waals surface area contributed by atoms with Gasteiger partial charge in [0.15, 0.2) is 0 Å². The van der Waals surface area contributed by atoms with Gasteiger partial charge in [0.2, 0.25) is 0 Å². The van der Waals surface area contributed by atoms with Gasteiger partial charge in [-0.15, -0.1) is 11.3 Å². The van der Waals surface area contributed by atoms with Crippen molar-refractivity contribution in [1.29, 1.82) is 0 Å². The fourth-order valence-electron chi connectivity index (χ4n) is 1.82. The molecule has 0 aliphatic rings. The van der Waals surface area contributed by atoms with E-state index in [9.17, 15) is 8.42 Å². The predicted molar refractivity (Wildman–Crippen MR) is 81.0 cm³/mol. The second-order valence-corrected chi connectivity index (χ2v) is 7.52.